The number of aryl methyl sites for hydroxylation is 1. The molecule has 0 spiro atoms. The van der Waals surface area contributed by atoms with E-state index in [2.05, 4.69) is 33.2 Å². The van der Waals surface area contributed by atoms with Gasteiger partial charge >= 0.3 is 0 Å². The van der Waals surface area contributed by atoms with Crippen molar-refractivity contribution in [3.63, 3.8) is 0 Å². The van der Waals surface area contributed by atoms with Crippen LogP contribution in [0.3, 0.4) is 0 Å². The van der Waals surface area contributed by atoms with Crippen molar-refractivity contribution in [1.82, 2.24) is 19.7 Å². The lowest BCUT2D eigenvalue weighted by molar-refractivity contribution is 0.141. The molecule has 1 aromatic carbocycles. The molecule has 1 N–H and O–H groups in total. The second-order valence-corrected chi connectivity index (χ2v) is 6.90. The lowest BCUT2D eigenvalue weighted by Crippen LogP contribution is -2.24. The van der Waals surface area contributed by atoms with E-state index in [0.717, 1.165) is 44.5 Å². The van der Waals surface area contributed by atoms with E-state index in [-0.39, 0.29) is 12.0 Å². The zero-order valence-corrected chi connectivity index (χ0v) is 14.3. The molecule has 4 rings (SSSR count). The van der Waals surface area contributed by atoms with Crippen LogP contribution >= 0.6 is 0 Å². The SMILES string of the molecule is O[C@H]1CN(CCCn2cccn2)C[C@H]1Cc1ccnc2ccccc12. The molecule has 0 bridgehead atoms. The van der Waals surface area contributed by atoms with E-state index < -0.39 is 0 Å². The van der Waals surface area contributed by atoms with Crippen LogP contribution in [-0.2, 0) is 13.0 Å². The van der Waals surface area contributed by atoms with E-state index in [0.29, 0.717) is 0 Å². The molecule has 0 unspecified atom stereocenters. The largest absolute Gasteiger partial charge is 0.391 e. The molecule has 130 valence electrons. The summed E-state index contributed by atoms with van der Waals surface area (Å²) in [6.07, 6.45) is 7.39. The number of nitrogens with zero attached hydrogens (tertiary/aromatic N) is 4. The van der Waals surface area contributed by atoms with Crippen molar-refractivity contribution < 1.29 is 5.11 Å². The zero-order valence-electron chi connectivity index (χ0n) is 14.3. The highest BCUT2D eigenvalue weighted by Crippen LogP contribution is 2.25. The maximum absolute atomic E-state index is 10.5. The van der Waals surface area contributed by atoms with Gasteiger partial charge in [-0.3, -0.25) is 9.67 Å². The van der Waals surface area contributed by atoms with Gasteiger partial charge in [0, 0.05) is 56.1 Å². The van der Waals surface area contributed by atoms with Gasteiger partial charge in [0.1, 0.15) is 0 Å². The maximum atomic E-state index is 10.5. The summed E-state index contributed by atoms with van der Waals surface area (Å²) < 4.78 is 1.97. The normalized spacial score (nSPS) is 21.2. The Labute approximate surface area is 147 Å². The maximum Gasteiger partial charge on any atom is 0.0710 e. The summed E-state index contributed by atoms with van der Waals surface area (Å²) in [4.78, 5) is 6.81. The number of para-hydroxylation sites is 1. The Balaban J connectivity index is 1.36. The number of β-amino-alcohol motifs (C(OH)–C–C–N with tert-alkyl or cyclic N) is 1. The predicted molar refractivity (Wildman–Crippen MR) is 98.2 cm³/mol. The fourth-order valence-electron chi connectivity index (χ4n) is 3.83. The second-order valence-electron chi connectivity index (χ2n) is 6.90. The summed E-state index contributed by atoms with van der Waals surface area (Å²) in [7, 11) is 0. The van der Waals surface area contributed by atoms with Gasteiger partial charge in [-0.1, -0.05) is 18.2 Å². The zero-order chi connectivity index (χ0) is 17.1. The van der Waals surface area contributed by atoms with E-state index in [1.165, 1.54) is 10.9 Å². The number of benzene rings is 1. The van der Waals surface area contributed by atoms with Crippen LogP contribution < -0.4 is 0 Å². The van der Waals surface area contributed by atoms with E-state index >= 15 is 0 Å². The van der Waals surface area contributed by atoms with Crippen molar-refractivity contribution in [1.29, 1.82) is 0 Å². The number of fused-ring (bicyclic) bond motifs is 1. The van der Waals surface area contributed by atoms with Gasteiger partial charge in [-0.05, 0) is 36.6 Å². The van der Waals surface area contributed by atoms with Gasteiger partial charge in [-0.25, -0.2) is 0 Å². The number of hydrogen-bond acceptors (Lipinski definition) is 4. The minimum atomic E-state index is -0.253. The highest BCUT2D eigenvalue weighted by molar-refractivity contribution is 5.81. The van der Waals surface area contributed by atoms with Crippen molar-refractivity contribution in [3.8, 4) is 0 Å². The molecule has 1 aliphatic rings. The van der Waals surface area contributed by atoms with Crippen LogP contribution in [0.4, 0.5) is 0 Å². The molecule has 5 heteroatoms. The number of pyridine rings is 1. The van der Waals surface area contributed by atoms with Crippen LogP contribution in [0.2, 0.25) is 0 Å². The Morgan fingerprint density at radius 2 is 1.96 bits per heavy atom. The molecule has 25 heavy (non-hydrogen) atoms. The summed E-state index contributed by atoms with van der Waals surface area (Å²) in [5, 5.41) is 15.9. The van der Waals surface area contributed by atoms with Gasteiger partial charge in [0.15, 0.2) is 0 Å². The summed E-state index contributed by atoms with van der Waals surface area (Å²) in [6.45, 7) is 3.66. The molecule has 1 saturated heterocycles. The molecule has 3 aromatic rings. The third kappa shape index (κ3) is 3.72. The smallest absolute Gasteiger partial charge is 0.0710 e. The van der Waals surface area contributed by atoms with E-state index in [9.17, 15) is 5.11 Å². The van der Waals surface area contributed by atoms with Crippen LogP contribution in [0.5, 0.6) is 0 Å². The molecule has 0 radical (unpaired) electrons. The predicted octanol–water partition coefficient (Wildman–Crippen LogP) is 2.36. The number of aromatic nitrogens is 3. The minimum absolute atomic E-state index is 0.253. The molecular formula is C20H24N4O. The lowest BCUT2D eigenvalue weighted by Gasteiger charge is -2.16. The van der Waals surface area contributed by atoms with Crippen molar-refractivity contribution in [3.05, 3.63) is 60.6 Å². The Morgan fingerprint density at radius 3 is 2.84 bits per heavy atom. The molecule has 2 aromatic heterocycles. The fourth-order valence-corrected chi connectivity index (χ4v) is 3.83. The molecule has 5 nitrogen and oxygen atoms in total. The van der Waals surface area contributed by atoms with Gasteiger partial charge in [-0.2, -0.15) is 5.10 Å². The average molecular weight is 336 g/mol. The molecule has 2 atom stereocenters. The first-order valence-electron chi connectivity index (χ1n) is 9.00. The second kappa shape index (κ2) is 7.33. The standard InChI is InChI=1S/C20H24N4O/c25-20-15-23(10-4-12-24-11-3-8-22-24)14-17(20)13-16-7-9-21-19-6-2-1-5-18(16)19/h1-3,5-9,11,17,20,25H,4,10,12-15H2/t17-,20+/m1/s1. The number of rotatable bonds is 6. The van der Waals surface area contributed by atoms with Crippen LogP contribution in [0.1, 0.15) is 12.0 Å². The molecular weight excluding hydrogens is 312 g/mol. The van der Waals surface area contributed by atoms with Crippen molar-refractivity contribution in [2.45, 2.75) is 25.5 Å². The van der Waals surface area contributed by atoms with Crippen LogP contribution in [0.15, 0.2) is 55.0 Å². The first-order valence-corrected chi connectivity index (χ1v) is 9.00. The highest BCUT2D eigenvalue weighted by Gasteiger charge is 2.31. The quantitative estimate of drug-likeness (QED) is 0.751. The summed E-state index contributed by atoms with van der Waals surface area (Å²) in [6, 6.07) is 12.3. The summed E-state index contributed by atoms with van der Waals surface area (Å²) >= 11 is 0. The van der Waals surface area contributed by atoms with Crippen LogP contribution in [0.25, 0.3) is 10.9 Å². The Hall–Kier alpha value is -2.24. The van der Waals surface area contributed by atoms with Crippen LogP contribution in [0, 0.1) is 5.92 Å². The van der Waals surface area contributed by atoms with E-state index in [1.54, 1.807) is 0 Å². The number of aliphatic hydroxyl groups is 1. The summed E-state index contributed by atoms with van der Waals surface area (Å²) in [5.74, 6) is 0.288. The fraction of sp³-hybridized carbons (Fsp3) is 0.400. The Kier molecular flexibility index (Phi) is 4.76. The Morgan fingerprint density at radius 1 is 1.04 bits per heavy atom. The van der Waals surface area contributed by atoms with Crippen molar-refractivity contribution in [2.24, 2.45) is 5.92 Å². The lowest BCUT2D eigenvalue weighted by atomic mass is 9.94. The van der Waals surface area contributed by atoms with E-state index in [4.69, 9.17) is 0 Å². The monoisotopic (exact) mass is 336 g/mol. The third-order valence-electron chi connectivity index (χ3n) is 5.12. The average Bonchev–Trinajstić information content (AvgIpc) is 3.26. The first-order chi connectivity index (χ1) is 12.3. The van der Waals surface area contributed by atoms with Crippen molar-refractivity contribution in [2.75, 3.05) is 19.6 Å². The number of aliphatic hydroxyl groups excluding tert-OH is 1. The molecule has 1 aliphatic heterocycles. The minimum Gasteiger partial charge on any atom is -0.391 e. The number of hydrogen-bond donors (Lipinski definition) is 1. The van der Waals surface area contributed by atoms with Gasteiger partial charge in [0.25, 0.3) is 0 Å². The van der Waals surface area contributed by atoms with Gasteiger partial charge < -0.3 is 10.0 Å². The highest BCUT2D eigenvalue weighted by atomic mass is 16.3. The molecule has 3 heterocycles. The number of likely N-dealkylation sites (tertiary alicyclic amines) is 1. The molecule has 0 aliphatic carbocycles. The van der Waals surface area contributed by atoms with Gasteiger partial charge in [-0.15, -0.1) is 0 Å². The first kappa shape index (κ1) is 16.2. The molecule has 0 amide bonds. The Bertz CT molecular complexity index is 812. The molecule has 0 saturated carbocycles. The summed E-state index contributed by atoms with van der Waals surface area (Å²) in [5.41, 5.74) is 2.32. The van der Waals surface area contributed by atoms with Crippen molar-refractivity contribution >= 4 is 10.9 Å². The third-order valence-corrected chi connectivity index (χ3v) is 5.12. The van der Waals surface area contributed by atoms with Gasteiger partial charge in [0.05, 0.1) is 11.6 Å². The van der Waals surface area contributed by atoms with Gasteiger partial charge in [0.2, 0.25) is 0 Å². The topological polar surface area (TPSA) is 54.2 Å². The molecule has 1 fully saturated rings. The van der Waals surface area contributed by atoms with Crippen LogP contribution in [-0.4, -0.2) is 50.5 Å². The van der Waals surface area contributed by atoms with E-state index in [1.807, 2.05) is 41.5 Å².